The molecule has 2 aromatic carbocycles. The van der Waals surface area contributed by atoms with Gasteiger partial charge in [0.25, 0.3) is 5.69 Å². The van der Waals surface area contributed by atoms with Gasteiger partial charge in [0.05, 0.1) is 5.56 Å². The fourth-order valence-corrected chi connectivity index (χ4v) is 2.34. The summed E-state index contributed by atoms with van der Waals surface area (Å²) in [5, 5.41) is 0. The third kappa shape index (κ3) is 1.13. The van der Waals surface area contributed by atoms with Gasteiger partial charge in [0.1, 0.15) is 0 Å². The first-order chi connectivity index (χ1) is 7.79. The maximum Gasteiger partial charge on any atom is 0.264 e. The monoisotopic (exact) mass is 210 g/mol. The van der Waals surface area contributed by atoms with Crippen LogP contribution in [0.1, 0.15) is 18.5 Å². The van der Waals surface area contributed by atoms with Crippen LogP contribution in [0.25, 0.3) is 11.1 Å². The van der Waals surface area contributed by atoms with Crippen molar-refractivity contribution in [1.82, 2.24) is 0 Å². The lowest BCUT2D eigenvalue weighted by molar-refractivity contribution is -0.509. The molecule has 2 heteroatoms. The van der Waals surface area contributed by atoms with Crippen molar-refractivity contribution in [2.75, 3.05) is 0 Å². The van der Waals surface area contributed by atoms with Gasteiger partial charge in [-0.25, -0.2) is 0 Å². The quantitative estimate of drug-likeness (QED) is 0.605. The van der Waals surface area contributed by atoms with Crippen LogP contribution in [-0.4, -0.2) is 4.76 Å². The van der Waals surface area contributed by atoms with E-state index < -0.39 is 0 Å². The minimum atomic E-state index is -0.105. The van der Waals surface area contributed by atoms with E-state index in [1.54, 1.807) is 0 Å². The van der Waals surface area contributed by atoms with Crippen molar-refractivity contribution < 1.29 is 4.76 Å². The minimum absolute atomic E-state index is 0.105. The van der Waals surface area contributed by atoms with Crippen LogP contribution in [-0.2, 0) is 0 Å². The SMILES string of the molecule is CC1c2ccccc2-c2ccccc2[N+]1=O. The second-order valence-electron chi connectivity index (χ2n) is 4.11. The minimum Gasteiger partial charge on any atom is -0.0617 e. The molecule has 1 atom stereocenters. The molecule has 2 aromatic rings. The first-order valence-corrected chi connectivity index (χ1v) is 5.44. The van der Waals surface area contributed by atoms with Crippen LogP contribution in [0.4, 0.5) is 5.69 Å². The summed E-state index contributed by atoms with van der Waals surface area (Å²) in [7, 11) is 0. The lowest BCUT2D eigenvalue weighted by Crippen LogP contribution is -2.14. The number of nitroso groups, excluding NO2 is 1. The summed E-state index contributed by atoms with van der Waals surface area (Å²) in [5.74, 6) is 0. The summed E-state index contributed by atoms with van der Waals surface area (Å²) in [4.78, 5) is 12.1. The second kappa shape index (κ2) is 3.27. The van der Waals surface area contributed by atoms with Crippen LogP contribution >= 0.6 is 0 Å². The number of rotatable bonds is 0. The predicted molar refractivity (Wildman–Crippen MR) is 63.6 cm³/mol. The smallest absolute Gasteiger partial charge is 0.0617 e. The maximum atomic E-state index is 12.1. The number of nitrogens with zero attached hydrogens (tertiary/aromatic N) is 1. The average molecular weight is 210 g/mol. The van der Waals surface area contributed by atoms with Crippen molar-refractivity contribution in [3.05, 3.63) is 59.0 Å². The van der Waals surface area contributed by atoms with E-state index in [-0.39, 0.29) is 6.04 Å². The lowest BCUT2D eigenvalue weighted by atomic mass is 9.90. The standard InChI is InChI=1S/C14H12NO/c1-10-11-6-2-3-7-12(11)13-8-4-5-9-14(13)15(10)16/h2-10H,1H3/q+1. The highest BCUT2D eigenvalue weighted by Crippen LogP contribution is 2.42. The summed E-state index contributed by atoms with van der Waals surface area (Å²) < 4.78 is 1.09. The summed E-state index contributed by atoms with van der Waals surface area (Å²) >= 11 is 0. The van der Waals surface area contributed by atoms with Crippen LogP contribution in [0.5, 0.6) is 0 Å². The van der Waals surface area contributed by atoms with Crippen LogP contribution in [0.15, 0.2) is 48.5 Å². The Morgan fingerprint density at radius 1 is 0.938 bits per heavy atom. The predicted octanol–water partition coefficient (Wildman–Crippen LogP) is 3.84. The molecule has 1 unspecified atom stereocenters. The van der Waals surface area contributed by atoms with E-state index in [2.05, 4.69) is 6.07 Å². The number of para-hydroxylation sites is 1. The molecule has 1 heterocycles. The van der Waals surface area contributed by atoms with Gasteiger partial charge in [-0.3, -0.25) is 0 Å². The zero-order valence-electron chi connectivity index (χ0n) is 9.05. The molecule has 1 aliphatic rings. The molecule has 78 valence electrons. The van der Waals surface area contributed by atoms with E-state index in [0.29, 0.717) is 0 Å². The molecule has 0 spiro atoms. The van der Waals surface area contributed by atoms with Crippen LogP contribution in [0, 0.1) is 4.91 Å². The van der Waals surface area contributed by atoms with Gasteiger partial charge in [-0.15, -0.1) is 0 Å². The van der Waals surface area contributed by atoms with E-state index in [0.717, 1.165) is 21.6 Å². The van der Waals surface area contributed by atoms with Gasteiger partial charge in [0.2, 0.25) is 6.04 Å². The molecule has 0 radical (unpaired) electrons. The molecule has 2 nitrogen and oxygen atoms in total. The Morgan fingerprint density at radius 2 is 1.56 bits per heavy atom. The Labute approximate surface area is 94.1 Å². The topological polar surface area (TPSA) is 20.1 Å². The number of benzene rings is 2. The summed E-state index contributed by atoms with van der Waals surface area (Å²) in [5.41, 5.74) is 4.09. The third-order valence-corrected chi connectivity index (χ3v) is 3.19. The molecule has 0 aliphatic carbocycles. The van der Waals surface area contributed by atoms with Gasteiger partial charge in [0, 0.05) is 28.2 Å². The lowest BCUT2D eigenvalue weighted by Gasteiger charge is -2.17. The molecule has 16 heavy (non-hydrogen) atoms. The van der Waals surface area contributed by atoms with E-state index in [1.807, 2.05) is 49.4 Å². The van der Waals surface area contributed by atoms with Crippen molar-refractivity contribution in [3.8, 4) is 11.1 Å². The average Bonchev–Trinajstić information content (AvgIpc) is 2.36. The van der Waals surface area contributed by atoms with Crippen LogP contribution < -0.4 is 0 Å². The molecule has 0 saturated heterocycles. The van der Waals surface area contributed by atoms with Gasteiger partial charge in [-0.05, 0) is 11.6 Å². The Balaban J connectivity index is 2.37. The Morgan fingerprint density at radius 3 is 2.38 bits per heavy atom. The molecular formula is C14H12NO+. The summed E-state index contributed by atoms with van der Waals surface area (Å²) in [6.07, 6.45) is 0. The van der Waals surface area contributed by atoms with Crippen molar-refractivity contribution in [1.29, 1.82) is 0 Å². The first-order valence-electron chi connectivity index (χ1n) is 5.44. The number of fused-ring (bicyclic) bond motifs is 3. The highest BCUT2D eigenvalue weighted by atomic mass is 16.3. The van der Waals surface area contributed by atoms with E-state index in [1.165, 1.54) is 5.56 Å². The fourth-order valence-electron chi connectivity index (χ4n) is 2.34. The molecule has 0 aromatic heterocycles. The largest absolute Gasteiger partial charge is 0.264 e. The van der Waals surface area contributed by atoms with Gasteiger partial charge in [0.15, 0.2) is 0 Å². The van der Waals surface area contributed by atoms with E-state index >= 15 is 0 Å². The zero-order valence-corrected chi connectivity index (χ0v) is 9.05. The molecule has 0 N–H and O–H groups in total. The third-order valence-electron chi connectivity index (χ3n) is 3.19. The normalized spacial score (nSPS) is 17.8. The number of hydrogen-bond acceptors (Lipinski definition) is 1. The van der Waals surface area contributed by atoms with Crippen molar-refractivity contribution in [2.24, 2.45) is 0 Å². The Kier molecular flexibility index (Phi) is 1.90. The molecule has 0 fully saturated rings. The Hall–Kier alpha value is -1.96. The first kappa shape index (κ1) is 9.28. The number of hydrogen-bond donors (Lipinski definition) is 0. The van der Waals surface area contributed by atoms with Gasteiger partial charge in [-0.1, -0.05) is 36.4 Å². The maximum absolute atomic E-state index is 12.1. The molecule has 1 aliphatic heterocycles. The zero-order chi connectivity index (χ0) is 11.1. The van der Waals surface area contributed by atoms with Gasteiger partial charge in [-0.2, -0.15) is 0 Å². The van der Waals surface area contributed by atoms with Gasteiger partial charge < -0.3 is 0 Å². The fraction of sp³-hybridized carbons (Fsp3) is 0.143. The van der Waals surface area contributed by atoms with Crippen molar-refractivity contribution >= 4 is 5.69 Å². The van der Waals surface area contributed by atoms with E-state index in [9.17, 15) is 4.91 Å². The highest BCUT2D eigenvalue weighted by Gasteiger charge is 2.35. The van der Waals surface area contributed by atoms with Crippen molar-refractivity contribution in [3.63, 3.8) is 0 Å². The molecule has 0 saturated carbocycles. The molecule has 0 amide bonds. The summed E-state index contributed by atoms with van der Waals surface area (Å²) in [6, 6.07) is 15.8. The summed E-state index contributed by atoms with van der Waals surface area (Å²) in [6.45, 7) is 1.95. The molecule has 0 bridgehead atoms. The Bertz CT molecular complexity index is 574. The van der Waals surface area contributed by atoms with Crippen LogP contribution in [0.2, 0.25) is 0 Å². The molecular weight excluding hydrogens is 198 g/mol. The second-order valence-corrected chi connectivity index (χ2v) is 4.11. The highest BCUT2D eigenvalue weighted by molar-refractivity contribution is 5.77. The van der Waals surface area contributed by atoms with Crippen molar-refractivity contribution in [2.45, 2.75) is 13.0 Å². The van der Waals surface area contributed by atoms with E-state index in [4.69, 9.17) is 0 Å². The molecule has 3 rings (SSSR count). The van der Waals surface area contributed by atoms with Crippen LogP contribution in [0.3, 0.4) is 0 Å². The van der Waals surface area contributed by atoms with Gasteiger partial charge >= 0.3 is 0 Å².